The van der Waals surface area contributed by atoms with E-state index in [9.17, 15) is 9.59 Å². The van der Waals surface area contributed by atoms with Crippen molar-refractivity contribution < 1.29 is 19.1 Å². The highest BCUT2D eigenvalue weighted by atomic mass is 16.5. The zero-order chi connectivity index (χ0) is 27.4. The van der Waals surface area contributed by atoms with E-state index < -0.39 is 0 Å². The number of hydrogen-bond donors (Lipinski definition) is 1. The predicted molar refractivity (Wildman–Crippen MR) is 142 cm³/mol. The number of carbonyl (C=O) groups is 2. The summed E-state index contributed by atoms with van der Waals surface area (Å²) in [6, 6.07) is 6.58. The molecule has 1 aliphatic rings. The minimum absolute atomic E-state index is 0.115. The van der Waals surface area contributed by atoms with Crippen molar-refractivity contribution >= 4 is 23.5 Å². The lowest BCUT2D eigenvalue weighted by molar-refractivity contribution is 0.0978. The number of amides is 2. The second kappa shape index (κ2) is 11.3. The molecule has 3 aromatic heterocycles. The van der Waals surface area contributed by atoms with Crippen LogP contribution in [-0.4, -0.2) is 54.2 Å². The van der Waals surface area contributed by atoms with Gasteiger partial charge < -0.3 is 14.8 Å². The SMILES string of the molecule is CC(C)Oc1cc(Oc2cnc(N(CC3CC3)C(=O)c3cnccn3)cn2)cc(C(=O)Nc2ccn(C)n2)c1. The first-order valence-electron chi connectivity index (χ1n) is 12.5. The minimum Gasteiger partial charge on any atom is -0.491 e. The Balaban J connectivity index is 1.36. The lowest BCUT2D eigenvalue weighted by Crippen LogP contribution is -2.34. The molecule has 3 heterocycles. The number of rotatable bonds is 10. The molecule has 200 valence electrons. The molecule has 0 spiro atoms. The topological polar surface area (TPSA) is 137 Å². The summed E-state index contributed by atoms with van der Waals surface area (Å²) in [5.74, 6) is 1.56. The lowest BCUT2D eigenvalue weighted by atomic mass is 10.2. The van der Waals surface area contributed by atoms with E-state index in [4.69, 9.17) is 9.47 Å². The summed E-state index contributed by atoms with van der Waals surface area (Å²) in [7, 11) is 1.77. The molecule has 1 N–H and O–H groups in total. The Morgan fingerprint density at radius 3 is 2.54 bits per heavy atom. The van der Waals surface area contributed by atoms with E-state index in [1.165, 1.54) is 31.0 Å². The fraction of sp³-hybridized carbons (Fsp3) is 0.296. The number of benzene rings is 1. The largest absolute Gasteiger partial charge is 0.491 e. The summed E-state index contributed by atoms with van der Waals surface area (Å²) >= 11 is 0. The van der Waals surface area contributed by atoms with Gasteiger partial charge in [0.2, 0.25) is 5.88 Å². The zero-order valence-corrected chi connectivity index (χ0v) is 21.8. The first-order valence-corrected chi connectivity index (χ1v) is 12.5. The third-order valence-electron chi connectivity index (χ3n) is 5.75. The molecular formula is C27H28N8O4. The summed E-state index contributed by atoms with van der Waals surface area (Å²) in [6.07, 6.45) is 11.1. The summed E-state index contributed by atoms with van der Waals surface area (Å²) in [6.45, 7) is 4.30. The predicted octanol–water partition coefficient (Wildman–Crippen LogP) is 3.89. The first-order chi connectivity index (χ1) is 18.8. The van der Waals surface area contributed by atoms with E-state index in [2.05, 4.69) is 30.4 Å². The van der Waals surface area contributed by atoms with E-state index >= 15 is 0 Å². The summed E-state index contributed by atoms with van der Waals surface area (Å²) < 4.78 is 13.4. The van der Waals surface area contributed by atoms with Crippen molar-refractivity contribution in [2.45, 2.75) is 32.8 Å². The summed E-state index contributed by atoms with van der Waals surface area (Å²) in [5, 5.41) is 6.94. The van der Waals surface area contributed by atoms with Crippen molar-refractivity contribution in [2.24, 2.45) is 13.0 Å². The quantitative estimate of drug-likeness (QED) is 0.325. The molecule has 12 nitrogen and oxygen atoms in total. The monoisotopic (exact) mass is 528 g/mol. The molecule has 1 aromatic carbocycles. The van der Waals surface area contributed by atoms with Gasteiger partial charge in [-0.25, -0.2) is 15.0 Å². The van der Waals surface area contributed by atoms with Crippen LogP contribution in [0.3, 0.4) is 0 Å². The van der Waals surface area contributed by atoms with Crippen LogP contribution in [0, 0.1) is 5.92 Å². The van der Waals surface area contributed by atoms with Crippen LogP contribution in [0.5, 0.6) is 17.4 Å². The highest BCUT2D eigenvalue weighted by Gasteiger charge is 2.30. The molecule has 4 aromatic rings. The van der Waals surface area contributed by atoms with Crippen LogP contribution in [0.15, 0.2) is 61.4 Å². The van der Waals surface area contributed by atoms with E-state index in [1.807, 2.05) is 13.8 Å². The molecule has 5 rings (SSSR count). The van der Waals surface area contributed by atoms with Crippen LogP contribution in [0.2, 0.25) is 0 Å². The molecule has 0 atom stereocenters. The molecule has 0 bridgehead atoms. The average Bonchev–Trinajstić information content (AvgIpc) is 3.66. The fourth-order valence-electron chi connectivity index (χ4n) is 3.78. The van der Waals surface area contributed by atoms with Crippen molar-refractivity contribution in [1.29, 1.82) is 0 Å². The first kappa shape index (κ1) is 25.8. The Morgan fingerprint density at radius 1 is 1.08 bits per heavy atom. The maximum Gasteiger partial charge on any atom is 0.279 e. The normalized spacial score (nSPS) is 12.7. The number of nitrogens with zero attached hydrogens (tertiary/aromatic N) is 7. The second-order valence-corrected chi connectivity index (χ2v) is 9.45. The zero-order valence-electron chi connectivity index (χ0n) is 21.8. The number of aromatic nitrogens is 6. The Kier molecular flexibility index (Phi) is 7.43. The lowest BCUT2D eigenvalue weighted by Gasteiger charge is -2.21. The number of nitrogens with one attached hydrogen (secondary N) is 1. The Bertz CT molecular complexity index is 1450. The molecule has 2 amide bonds. The minimum atomic E-state index is -0.368. The van der Waals surface area contributed by atoms with Crippen molar-refractivity contribution in [2.75, 3.05) is 16.8 Å². The number of ether oxygens (including phenoxy) is 2. The molecule has 1 saturated carbocycles. The van der Waals surface area contributed by atoms with Gasteiger partial charge in [0.15, 0.2) is 11.6 Å². The molecule has 39 heavy (non-hydrogen) atoms. The second-order valence-electron chi connectivity index (χ2n) is 9.45. The van der Waals surface area contributed by atoms with Gasteiger partial charge in [-0.05, 0) is 44.7 Å². The van der Waals surface area contributed by atoms with Crippen LogP contribution >= 0.6 is 0 Å². The molecule has 0 aliphatic heterocycles. The summed E-state index contributed by atoms with van der Waals surface area (Å²) in [5.41, 5.74) is 0.558. The highest BCUT2D eigenvalue weighted by molar-refractivity contribution is 6.04. The van der Waals surface area contributed by atoms with Gasteiger partial charge in [-0.1, -0.05) is 0 Å². The van der Waals surface area contributed by atoms with Crippen molar-refractivity contribution in [3.05, 3.63) is 72.7 Å². The van der Waals surface area contributed by atoms with Crippen molar-refractivity contribution in [1.82, 2.24) is 29.7 Å². The Labute approximate surface area is 225 Å². The number of anilines is 2. The number of hydrogen-bond acceptors (Lipinski definition) is 9. The molecular weight excluding hydrogens is 500 g/mol. The molecule has 1 fully saturated rings. The van der Waals surface area contributed by atoms with Crippen molar-refractivity contribution in [3.63, 3.8) is 0 Å². The van der Waals surface area contributed by atoms with Gasteiger partial charge in [0.05, 0.1) is 24.7 Å². The third kappa shape index (κ3) is 6.72. The van der Waals surface area contributed by atoms with Crippen LogP contribution in [-0.2, 0) is 7.05 Å². The Morgan fingerprint density at radius 2 is 1.90 bits per heavy atom. The van der Waals surface area contributed by atoms with Gasteiger partial charge >= 0.3 is 0 Å². The summed E-state index contributed by atoms with van der Waals surface area (Å²) in [4.78, 5) is 44.5. The number of aryl methyl sites for hydroxylation is 1. The van der Waals surface area contributed by atoms with E-state index in [0.717, 1.165) is 12.8 Å². The molecule has 12 heteroatoms. The Hall–Kier alpha value is -4.87. The standard InChI is InChI=1S/C27H28N8O4/c1-17(2)38-20-10-19(26(36)32-23-6-9-34(3)33-23)11-21(12-20)39-25-15-30-24(14-31-25)35(16-18-4-5-18)27(37)22-13-28-7-8-29-22/h6-15,17-18H,4-5,16H2,1-3H3,(H,32,33,36). The molecule has 0 radical (unpaired) electrons. The maximum absolute atomic E-state index is 13.1. The van der Waals surface area contributed by atoms with Gasteiger partial charge in [-0.2, -0.15) is 5.10 Å². The fourth-order valence-corrected chi connectivity index (χ4v) is 3.78. The molecule has 0 saturated heterocycles. The van der Waals surface area contributed by atoms with Gasteiger partial charge in [0.1, 0.15) is 17.2 Å². The molecule has 1 aliphatic carbocycles. The number of carbonyl (C=O) groups excluding carboxylic acids is 2. The van der Waals surface area contributed by atoms with Crippen molar-refractivity contribution in [3.8, 4) is 17.4 Å². The van der Waals surface area contributed by atoms with Gasteiger partial charge in [-0.15, -0.1) is 0 Å². The van der Waals surface area contributed by atoms with Gasteiger partial charge in [-0.3, -0.25) is 24.2 Å². The van der Waals surface area contributed by atoms with E-state index in [0.29, 0.717) is 41.2 Å². The van der Waals surface area contributed by atoms with Crippen LogP contribution in [0.4, 0.5) is 11.6 Å². The maximum atomic E-state index is 13.1. The average molecular weight is 529 g/mol. The molecule has 0 unspecified atom stereocenters. The van der Waals surface area contributed by atoms with Crippen LogP contribution in [0.25, 0.3) is 0 Å². The van der Waals surface area contributed by atoms with Gasteiger partial charge in [0, 0.05) is 49.9 Å². The highest BCUT2D eigenvalue weighted by Crippen LogP contribution is 2.32. The van der Waals surface area contributed by atoms with Crippen LogP contribution < -0.4 is 19.7 Å². The van der Waals surface area contributed by atoms with E-state index in [1.54, 1.807) is 47.1 Å². The van der Waals surface area contributed by atoms with Gasteiger partial charge in [0.25, 0.3) is 11.8 Å². The smallest absolute Gasteiger partial charge is 0.279 e. The van der Waals surface area contributed by atoms with Crippen LogP contribution in [0.1, 0.15) is 47.5 Å². The van der Waals surface area contributed by atoms with E-state index in [-0.39, 0.29) is 29.5 Å². The third-order valence-corrected chi connectivity index (χ3v) is 5.75.